The van der Waals surface area contributed by atoms with Crippen LogP contribution >= 0.6 is 11.6 Å². The van der Waals surface area contributed by atoms with Crippen molar-refractivity contribution in [3.63, 3.8) is 0 Å². The van der Waals surface area contributed by atoms with Crippen LogP contribution in [0, 0.1) is 0 Å². The standard InChI is InChI=1S/C14H25ClN4/c1-5-8-16-14-7-6-12(15)13(17-14)11-19(4)10-9-18(2)3/h6-7H,5,8-11H2,1-4H3,(H,16,17). The van der Waals surface area contributed by atoms with Crippen molar-refractivity contribution in [1.29, 1.82) is 0 Å². The Morgan fingerprint density at radius 1 is 1.21 bits per heavy atom. The van der Waals surface area contributed by atoms with Gasteiger partial charge in [0.15, 0.2) is 0 Å². The SMILES string of the molecule is CCCNc1ccc(Cl)c(CN(C)CCN(C)C)n1. The van der Waals surface area contributed by atoms with Gasteiger partial charge in [0.1, 0.15) is 5.82 Å². The fraction of sp³-hybridized carbons (Fsp3) is 0.643. The molecule has 0 aliphatic carbocycles. The highest BCUT2D eigenvalue weighted by Gasteiger charge is 2.07. The Kier molecular flexibility index (Phi) is 7.13. The summed E-state index contributed by atoms with van der Waals surface area (Å²) in [5, 5.41) is 4.02. The van der Waals surface area contributed by atoms with E-state index in [2.05, 4.69) is 48.2 Å². The second kappa shape index (κ2) is 8.35. The highest BCUT2D eigenvalue weighted by atomic mass is 35.5. The van der Waals surface area contributed by atoms with E-state index >= 15 is 0 Å². The minimum absolute atomic E-state index is 0.735. The van der Waals surface area contributed by atoms with E-state index < -0.39 is 0 Å². The largest absolute Gasteiger partial charge is 0.370 e. The van der Waals surface area contributed by atoms with E-state index in [0.29, 0.717) is 0 Å². The molecule has 1 aromatic heterocycles. The predicted octanol–water partition coefficient (Wildman–Crippen LogP) is 2.55. The third kappa shape index (κ3) is 6.23. The smallest absolute Gasteiger partial charge is 0.126 e. The summed E-state index contributed by atoms with van der Waals surface area (Å²) in [6, 6.07) is 3.85. The summed E-state index contributed by atoms with van der Waals surface area (Å²) in [4.78, 5) is 8.98. The quantitative estimate of drug-likeness (QED) is 0.795. The molecule has 0 aliphatic rings. The molecule has 19 heavy (non-hydrogen) atoms. The number of nitrogens with one attached hydrogen (secondary N) is 1. The average molecular weight is 285 g/mol. The highest BCUT2D eigenvalue weighted by Crippen LogP contribution is 2.18. The van der Waals surface area contributed by atoms with Crippen LogP contribution in [0.4, 0.5) is 5.82 Å². The number of aromatic nitrogens is 1. The molecule has 0 atom stereocenters. The number of pyridine rings is 1. The molecule has 108 valence electrons. The van der Waals surface area contributed by atoms with Crippen LogP contribution in [0.15, 0.2) is 12.1 Å². The lowest BCUT2D eigenvalue weighted by molar-refractivity contribution is 0.274. The molecule has 0 fully saturated rings. The van der Waals surface area contributed by atoms with Gasteiger partial charge in [0.05, 0.1) is 10.7 Å². The fourth-order valence-electron chi connectivity index (χ4n) is 1.65. The number of halogens is 1. The van der Waals surface area contributed by atoms with Crippen molar-refractivity contribution in [3.8, 4) is 0 Å². The molecule has 1 N–H and O–H groups in total. The molecule has 1 aromatic rings. The van der Waals surface area contributed by atoms with Crippen LogP contribution in [0.2, 0.25) is 5.02 Å². The second-order valence-electron chi connectivity index (χ2n) is 5.09. The van der Waals surface area contributed by atoms with Crippen molar-refractivity contribution >= 4 is 17.4 Å². The summed E-state index contributed by atoms with van der Waals surface area (Å²) in [6.45, 7) is 5.87. The normalized spacial score (nSPS) is 11.3. The first kappa shape index (κ1) is 16.2. The zero-order chi connectivity index (χ0) is 14.3. The summed E-state index contributed by atoms with van der Waals surface area (Å²) in [7, 11) is 6.25. The van der Waals surface area contributed by atoms with Gasteiger partial charge >= 0.3 is 0 Å². The van der Waals surface area contributed by atoms with Gasteiger partial charge < -0.3 is 10.2 Å². The fourth-order valence-corrected chi connectivity index (χ4v) is 1.82. The molecule has 5 heteroatoms. The van der Waals surface area contributed by atoms with Crippen molar-refractivity contribution in [2.75, 3.05) is 46.1 Å². The molecule has 0 aliphatic heterocycles. The molecule has 1 heterocycles. The number of anilines is 1. The molecule has 0 amide bonds. The Bertz CT molecular complexity index is 382. The average Bonchev–Trinajstić information content (AvgIpc) is 2.37. The first-order valence-corrected chi connectivity index (χ1v) is 7.13. The monoisotopic (exact) mass is 284 g/mol. The van der Waals surface area contributed by atoms with Crippen LogP contribution < -0.4 is 5.32 Å². The van der Waals surface area contributed by atoms with E-state index in [0.717, 1.165) is 49.1 Å². The second-order valence-corrected chi connectivity index (χ2v) is 5.50. The Morgan fingerprint density at radius 2 is 1.95 bits per heavy atom. The van der Waals surface area contributed by atoms with Gasteiger partial charge in [-0.15, -0.1) is 0 Å². The zero-order valence-corrected chi connectivity index (χ0v) is 13.2. The van der Waals surface area contributed by atoms with Gasteiger partial charge in [0.2, 0.25) is 0 Å². The molecular formula is C14H25ClN4. The molecule has 0 aromatic carbocycles. The molecule has 0 saturated carbocycles. The van der Waals surface area contributed by atoms with Crippen LogP contribution in [-0.4, -0.2) is 55.6 Å². The third-order valence-electron chi connectivity index (χ3n) is 2.82. The lowest BCUT2D eigenvalue weighted by atomic mass is 10.3. The first-order chi connectivity index (χ1) is 9.02. The summed E-state index contributed by atoms with van der Waals surface area (Å²) in [6.07, 6.45) is 1.09. The minimum atomic E-state index is 0.735. The number of hydrogen-bond donors (Lipinski definition) is 1. The van der Waals surface area contributed by atoms with Crippen LogP contribution in [0.25, 0.3) is 0 Å². The Hall–Kier alpha value is -0.840. The van der Waals surface area contributed by atoms with E-state index in [-0.39, 0.29) is 0 Å². The van der Waals surface area contributed by atoms with Gasteiger partial charge in [-0.2, -0.15) is 0 Å². The van der Waals surface area contributed by atoms with E-state index in [1.807, 2.05) is 12.1 Å². The molecule has 4 nitrogen and oxygen atoms in total. The Morgan fingerprint density at radius 3 is 2.58 bits per heavy atom. The Balaban J connectivity index is 2.60. The Labute approximate surface area is 121 Å². The lowest BCUT2D eigenvalue weighted by Gasteiger charge is -2.19. The molecule has 1 rings (SSSR count). The van der Waals surface area contributed by atoms with Crippen LogP contribution in [0.1, 0.15) is 19.0 Å². The molecule has 0 saturated heterocycles. The van der Waals surface area contributed by atoms with Crippen molar-refractivity contribution in [2.24, 2.45) is 0 Å². The van der Waals surface area contributed by atoms with Crippen LogP contribution in [-0.2, 0) is 6.54 Å². The molecule has 0 spiro atoms. The maximum atomic E-state index is 6.21. The van der Waals surface area contributed by atoms with Gasteiger partial charge in [-0.3, -0.25) is 4.90 Å². The highest BCUT2D eigenvalue weighted by molar-refractivity contribution is 6.31. The molecular weight excluding hydrogens is 260 g/mol. The van der Waals surface area contributed by atoms with Crippen molar-refractivity contribution in [2.45, 2.75) is 19.9 Å². The summed E-state index contributed by atoms with van der Waals surface area (Å²) in [5.41, 5.74) is 0.934. The lowest BCUT2D eigenvalue weighted by Crippen LogP contribution is -2.28. The van der Waals surface area contributed by atoms with E-state index in [9.17, 15) is 0 Å². The molecule has 0 unspecified atom stereocenters. The zero-order valence-electron chi connectivity index (χ0n) is 12.4. The summed E-state index contributed by atoms with van der Waals surface area (Å²) in [5.74, 6) is 0.905. The first-order valence-electron chi connectivity index (χ1n) is 6.75. The number of hydrogen-bond acceptors (Lipinski definition) is 4. The molecule has 0 bridgehead atoms. The number of nitrogens with zero attached hydrogens (tertiary/aromatic N) is 3. The van der Waals surface area contributed by atoms with Gasteiger partial charge in [-0.05, 0) is 39.7 Å². The van der Waals surface area contributed by atoms with Gasteiger partial charge in [-0.25, -0.2) is 4.98 Å². The number of rotatable bonds is 8. The summed E-state index contributed by atoms with van der Waals surface area (Å²) < 4.78 is 0. The van der Waals surface area contributed by atoms with Gasteiger partial charge in [-0.1, -0.05) is 18.5 Å². The maximum absolute atomic E-state index is 6.21. The maximum Gasteiger partial charge on any atom is 0.126 e. The van der Waals surface area contributed by atoms with E-state index in [1.54, 1.807) is 0 Å². The minimum Gasteiger partial charge on any atom is -0.370 e. The van der Waals surface area contributed by atoms with Crippen molar-refractivity contribution < 1.29 is 0 Å². The third-order valence-corrected chi connectivity index (χ3v) is 3.17. The van der Waals surface area contributed by atoms with Crippen molar-refractivity contribution in [1.82, 2.24) is 14.8 Å². The van der Waals surface area contributed by atoms with E-state index in [4.69, 9.17) is 11.6 Å². The number of likely N-dealkylation sites (N-methyl/N-ethyl adjacent to an activating group) is 2. The summed E-state index contributed by atoms with van der Waals surface area (Å²) >= 11 is 6.21. The van der Waals surface area contributed by atoms with Gasteiger partial charge in [0, 0.05) is 26.2 Å². The van der Waals surface area contributed by atoms with Crippen LogP contribution in [0.5, 0.6) is 0 Å². The van der Waals surface area contributed by atoms with Gasteiger partial charge in [0.25, 0.3) is 0 Å². The topological polar surface area (TPSA) is 31.4 Å². The van der Waals surface area contributed by atoms with Crippen LogP contribution in [0.3, 0.4) is 0 Å². The van der Waals surface area contributed by atoms with Crippen molar-refractivity contribution in [3.05, 3.63) is 22.8 Å². The molecule has 0 radical (unpaired) electrons. The predicted molar refractivity (Wildman–Crippen MR) is 82.9 cm³/mol. The van der Waals surface area contributed by atoms with E-state index in [1.165, 1.54) is 0 Å².